The van der Waals surface area contributed by atoms with Crippen molar-refractivity contribution < 1.29 is 4.79 Å². The number of hydrogen-bond donors (Lipinski definition) is 2. The van der Waals surface area contributed by atoms with E-state index in [2.05, 4.69) is 10.3 Å². The van der Waals surface area contributed by atoms with Crippen molar-refractivity contribution in [1.29, 1.82) is 0 Å². The van der Waals surface area contributed by atoms with E-state index in [4.69, 9.17) is 5.73 Å². The van der Waals surface area contributed by atoms with E-state index in [0.717, 1.165) is 35.2 Å². The summed E-state index contributed by atoms with van der Waals surface area (Å²) in [6.07, 6.45) is 3.84. The molecule has 1 saturated carbocycles. The Balaban J connectivity index is 1.96. The van der Waals surface area contributed by atoms with Crippen LogP contribution in [0.2, 0.25) is 0 Å². The van der Waals surface area contributed by atoms with Gasteiger partial charge in [-0.15, -0.1) is 0 Å². The minimum absolute atomic E-state index is 0.00841. The van der Waals surface area contributed by atoms with Gasteiger partial charge in [-0.1, -0.05) is 6.07 Å². The molecular weight excluding hydrogens is 262 g/mol. The first kappa shape index (κ1) is 13.6. The number of nitrogens with zero attached hydrogens (tertiary/aromatic N) is 1. The highest BCUT2D eigenvalue weighted by molar-refractivity contribution is 5.96. The Morgan fingerprint density at radius 3 is 2.67 bits per heavy atom. The number of rotatable bonds is 3. The molecule has 0 radical (unpaired) electrons. The van der Waals surface area contributed by atoms with Gasteiger partial charge in [0, 0.05) is 17.2 Å². The van der Waals surface area contributed by atoms with Gasteiger partial charge in [-0.25, -0.2) is 0 Å². The molecule has 1 fully saturated rings. The average molecular weight is 281 g/mol. The largest absolute Gasteiger partial charge is 0.397 e. The number of nitrogens with two attached hydrogens (primary N) is 1. The van der Waals surface area contributed by atoms with E-state index >= 15 is 0 Å². The molecule has 0 atom stereocenters. The van der Waals surface area contributed by atoms with E-state index in [1.165, 1.54) is 0 Å². The Labute approximate surface area is 124 Å². The molecule has 108 valence electrons. The Morgan fingerprint density at radius 1 is 1.24 bits per heavy atom. The Morgan fingerprint density at radius 2 is 2.00 bits per heavy atom. The molecule has 0 unspecified atom stereocenters. The number of pyridine rings is 1. The lowest BCUT2D eigenvalue weighted by atomic mass is 10.0. The maximum atomic E-state index is 12.2. The Hall–Kier alpha value is -2.36. The highest BCUT2D eigenvalue weighted by atomic mass is 16.1. The minimum Gasteiger partial charge on any atom is -0.397 e. The van der Waals surface area contributed by atoms with E-state index < -0.39 is 0 Å². The second kappa shape index (κ2) is 5.20. The van der Waals surface area contributed by atoms with E-state index in [0.29, 0.717) is 17.3 Å². The van der Waals surface area contributed by atoms with Crippen LogP contribution in [0.25, 0.3) is 11.3 Å². The van der Waals surface area contributed by atoms with Crippen molar-refractivity contribution in [3.8, 4) is 11.3 Å². The summed E-state index contributed by atoms with van der Waals surface area (Å²) in [7, 11) is 0. The first-order valence-electron chi connectivity index (χ1n) is 7.18. The van der Waals surface area contributed by atoms with Crippen LogP contribution < -0.4 is 11.1 Å². The number of hydrogen-bond acceptors (Lipinski definition) is 3. The van der Waals surface area contributed by atoms with Crippen LogP contribution in [-0.4, -0.2) is 16.9 Å². The molecule has 1 aromatic carbocycles. The van der Waals surface area contributed by atoms with Crippen molar-refractivity contribution in [1.82, 2.24) is 10.3 Å². The maximum absolute atomic E-state index is 12.2. The number of nitrogens with one attached hydrogen (secondary N) is 1. The fraction of sp³-hybridized carbons (Fsp3) is 0.294. The van der Waals surface area contributed by atoms with Gasteiger partial charge >= 0.3 is 0 Å². The van der Waals surface area contributed by atoms with Crippen molar-refractivity contribution in [3.63, 3.8) is 0 Å². The quantitative estimate of drug-likeness (QED) is 0.909. The second-order valence-corrected chi connectivity index (χ2v) is 5.70. The molecule has 0 bridgehead atoms. The van der Waals surface area contributed by atoms with Crippen LogP contribution in [0.15, 0.2) is 30.5 Å². The van der Waals surface area contributed by atoms with Crippen molar-refractivity contribution >= 4 is 11.6 Å². The molecule has 0 spiro atoms. The Bertz CT molecular complexity index is 705. The van der Waals surface area contributed by atoms with Gasteiger partial charge < -0.3 is 11.1 Å². The number of aryl methyl sites for hydroxylation is 2. The van der Waals surface area contributed by atoms with Gasteiger partial charge in [-0.2, -0.15) is 0 Å². The van der Waals surface area contributed by atoms with Crippen molar-refractivity contribution in [3.05, 3.63) is 47.2 Å². The number of carbonyl (C=O) groups excluding carboxylic acids is 1. The fourth-order valence-corrected chi connectivity index (χ4v) is 2.25. The summed E-state index contributed by atoms with van der Waals surface area (Å²) in [5, 5.41) is 3.01. The fourth-order valence-electron chi connectivity index (χ4n) is 2.25. The molecule has 1 aliphatic rings. The van der Waals surface area contributed by atoms with Gasteiger partial charge in [-0.3, -0.25) is 9.78 Å². The predicted molar refractivity (Wildman–Crippen MR) is 84.0 cm³/mol. The molecule has 2 aromatic rings. The molecule has 21 heavy (non-hydrogen) atoms. The van der Waals surface area contributed by atoms with Gasteiger partial charge in [0.05, 0.1) is 17.6 Å². The van der Waals surface area contributed by atoms with Crippen LogP contribution in [0, 0.1) is 13.8 Å². The second-order valence-electron chi connectivity index (χ2n) is 5.70. The summed E-state index contributed by atoms with van der Waals surface area (Å²) < 4.78 is 0. The Kier molecular flexibility index (Phi) is 3.37. The first-order valence-corrected chi connectivity index (χ1v) is 7.18. The van der Waals surface area contributed by atoms with Crippen molar-refractivity contribution in [2.45, 2.75) is 32.7 Å². The van der Waals surface area contributed by atoms with Gasteiger partial charge in [-0.05, 0) is 56.0 Å². The minimum atomic E-state index is -0.00841. The summed E-state index contributed by atoms with van der Waals surface area (Å²) >= 11 is 0. The third-order valence-corrected chi connectivity index (χ3v) is 3.84. The molecule has 4 heteroatoms. The lowest BCUT2D eigenvalue weighted by molar-refractivity contribution is 0.0951. The monoisotopic (exact) mass is 281 g/mol. The molecule has 1 amide bonds. The lowest BCUT2D eigenvalue weighted by Crippen LogP contribution is -2.25. The van der Waals surface area contributed by atoms with Crippen LogP contribution in [0.1, 0.15) is 34.3 Å². The van der Waals surface area contributed by atoms with Gasteiger partial charge in [0.15, 0.2) is 0 Å². The average Bonchev–Trinajstić information content (AvgIpc) is 3.26. The SMILES string of the molecule is Cc1cc(-c2cc(C(=O)NC3CC3)ccc2C)ncc1N. The van der Waals surface area contributed by atoms with Gasteiger partial charge in [0.2, 0.25) is 0 Å². The van der Waals surface area contributed by atoms with E-state index in [9.17, 15) is 4.79 Å². The molecule has 4 nitrogen and oxygen atoms in total. The molecule has 1 aromatic heterocycles. The van der Waals surface area contributed by atoms with Crippen LogP contribution in [0.3, 0.4) is 0 Å². The molecule has 0 saturated heterocycles. The number of nitrogen functional groups attached to an aromatic ring is 1. The highest BCUT2D eigenvalue weighted by Crippen LogP contribution is 2.26. The number of amides is 1. The predicted octanol–water partition coefficient (Wildman–Crippen LogP) is 2.84. The summed E-state index contributed by atoms with van der Waals surface area (Å²) in [6, 6.07) is 8.05. The van der Waals surface area contributed by atoms with Crippen LogP contribution in [-0.2, 0) is 0 Å². The summed E-state index contributed by atoms with van der Waals surface area (Å²) in [5.41, 5.74) is 11.1. The third-order valence-electron chi connectivity index (χ3n) is 3.84. The lowest BCUT2D eigenvalue weighted by Gasteiger charge is -2.10. The van der Waals surface area contributed by atoms with Gasteiger partial charge in [0.25, 0.3) is 5.91 Å². The summed E-state index contributed by atoms with van der Waals surface area (Å²) in [5.74, 6) is -0.00841. The highest BCUT2D eigenvalue weighted by Gasteiger charge is 2.24. The maximum Gasteiger partial charge on any atom is 0.251 e. The van der Waals surface area contributed by atoms with Crippen molar-refractivity contribution in [2.24, 2.45) is 0 Å². The van der Waals surface area contributed by atoms with Crippen molar-refractivity contribution in [2.75, 3.05) is 5.73 Å². The standard InChI is InChI=1S/C17H19N3O/c1-10-3-4-12(17(21)20-13-5-6-13)8-14(10)16-7-11(2)15(18)9-19-16/h3-4,7-9,13H,5-6,18H2,1-2H3,(H,20,21). The molecule has 3 rings (SSSR count). The van der Waals surface area contributed by atoms with E-state index in [1.54, 1.807) is 6.20 Å². The number of carbonyl (C=O) groups is 1. The van der Waals surface area contributed by atoms with Crippen LogP contribution in [0.4, 0.5) is 5.69 Å². The number of anilines is 1. The molecule has 1 heterocycles. The van der Waals surface area contributed by atoms with E-state index in [1.807, 2.05) is 38.1 Å². The normalized spacial score (nSPS) is 14.0. The molecule has 3 N–H and O–H groups in total. The zero-order valence-electron chi connectivity index (χ0n) is 12.3. The van der Waals surface area contributed by atoms with Crippen LogP contribution in [0.5, 0.6) is 0 Å². The molecule has 1 aliphatic carbocycles. The first-order chi connectivity index (χ1) is 10.0. The number of benzene rings is 1. The van der Waals surface area contributed by atoms with E-state index in [-0.39, 0.29) is 5.91 Å². The zero-order valence-corrected chi connectivity index (χ0v) is 12.3. The molecular formula is C17H19N3O. The van der Waals surface area contributed by atoms with Gasteiger partial charge in [0.1, 0.15) is 0 Å². The van der Waals surface area contributed by atoms with Crippen LogP contribution >= 0.6 is 0 Å². The molecule has 0 aliphatic heterocycles. The smallest absolute Gasteiger partial charge is 0.251 e. The summed E-state index contributed by atoms with van der Waals surface area (Å²) in [4.78, 5) is 16.5. The number of aromatic nitrogens is 1. The third kappa shape index (κ3) is 2.89. The topological polar surface area (TPSA) is 68.0 Å². The summed E-state index contributed by atoms with van der Waals surface area (Å²) in [6.45, 7) is 3.98. The zero-order chi connectivity index (χ0) is 15.0.